The van der Waals surface area contributed by atoms with Crippen molar-refractivity contribution in [2.45, 2.75) is 6.54 Å². The van der Waals surface area contributed by atoms with E-state index in [1.54, 1.807) is 4.90 Å². The molecule has 0 spiro atoms. The molecular formula is C13H16N4O2. The van der Waals surface area contributed by atoms with Gasteiger partial charge in [0.05, 0.1) is 13.4 Å². The number of nitrogens with zero attached hydrogens (tertiary/aromatic N) is 2. The summed E-state index contributed by atoms with van der Waals surface area (Å²) in [5.74, 6) is 0.642. The van der Waals surface area contributed by atoms with E-state index in [2.05, 4.69) is 9.97 Å². The van der Waals surface area contributed by atoms with Gasteiger partial charge in [0.2, 0.25) is 5.75 Å². The molecule has 0 unspecified atom stereocenters. The maximum Gasteiger partial charge on any atom is 0.295 e. The lowest BCUT2D eigenvalue weighted by molar-refractivity contribution is 0.407. The zero-order valence-corrected chi connectivity index (χ0v) is 10.9. The highest BCUT2D eigenvalue weighted by molar-refractivity contribution is 5.64. The van der Waals surface area contributed by atoms with Gasteiger partial charge in [-0.15, -0.1) is 0 Å². The van der Waals surface area contributed by atoms with Gasteiger partial charge < -0.3 is 20.4 Å². The lowest BCUT2D eigenvalue weighted by atomic mass is 10.2. The third-order valence-corrected chi connectivity index (χ3v) is 2.85. The average molecular weight is 260 g/mol. The van der Waals surface area contributed by atoms with Crippen molar-refractivity contribution in [3.05, 3.63) is 46.5 Å². The molecule has 100 valence electrons. The highest BCUT2D eigenvalue weighted by Gasteiger charge is 2.14. The minimum absolute atomic E-state index is 0.183. The Kier molecular flexibility index (Phi) is 3.82. The number of hydrogen-bond donors (Lipinski definition) is 2. The van der Waals surface area contributed by atoms with Crippen LogP contribution in [0.3, 0.4) is 0 Å². The molecule has 0 saturated carbocycles. The lowest BCUT2D eigenvalue weighted by Crippen LogP contribution is -2.19. The number of ether oxygens (including phenoxy) is 1. The number of anilines is 2. The molecule has 1 heterocycles. The summed E-state index contributed by atoms with van der Waals surface area (Å²) in [5.41, 5.74) is 7.21. The van der Waals surface area contributed by atoms with E-state index in [4.69, 9.17) is 10.5 Å². The number of aromatic nitrogens is 2. The van der Waals surface area contributed by atoms with Crippen molar-refractivity contribution in [2.75, 3.05) is 19.1 Å². The van der Waals surface area contributed by atoms with E-state index in [0.717, 1.165) is 11.3 Å². The number of rotatable bonds is 4. The normalized spacial score (nSPS) is 10.3. The van der Waals surface area contributed by atoms with Gasteiger partial charge in [-0.25, -0.2) is 4.98 Å². The number of benzene rings is 1. The fourth-order valence-electron chi connectivity index (χ4n) is 1.82. The number of nitrogens with one attached hydrogen (secondary N) is 1. The maximum atomic E-state index is 11.7. The van der Waals surface area contributed by atoms with E-state index in [9.17, 15) is 4.79 Å². The fraction of sp³-hybridized carbons (Fsp3) is 0.231. The van der Waals surface area contributed by atoms with Gasteiger partial charge in [-0.1, -0.05) is 12.1 Å². The number of H-pyrrole nitrogens is 1. The van der Waals surface area contributed by atoms with E-state index in [1.807, 2.05) is 31.3 Å². The molecule has 1 aromatic carbocycles. The summed E-state index contributed by atoms with van der Waals surface area (Å²) in [6.45, 7) is 0.460. The Morgan fingerprint density at radius 3 is 2.95 bits per heavy atom. The molecule has 0 aliphatic carbocycles. The molecule has 0 bridgehead atoms. The van der Waals surface area contributed by atoms with Gasteiger partial charge >= 0.3 is 0 Å². The smallest absolute Gasteiger partial charge is 0.295 e. The van der Waals surface area contributed by atoms with E-state index in [0.29, 0.717) is 12.4 Å². The Hall–Kier alpha value is -2.34. The summed E-state index contributed by atoms with van der Waals surface area (Å²) in [6.07, 6.45) is 1.35. The van der Waals surface area contributed by atoms with E-state index in [1.165, 1.54) is 13.4 Å². The molecule has 2 aromatic rings. The lowest BCUT2D eigenvalue weighted by Gasteiger charge is -2.20. The molecule has 0 radical (unpaired) electrons. The van der Waals surface area contributed by atoms with Crippen molar-refractivity contribution in [3.63, 3.8) is 0 Å². The van der Waals surface area contributed by atoms with E-state index < -0.39 is 0 Å². The monoisotopic (exact) mass is 260 g/mol. The first-order chi connectivity index (χ1) is 9.17. The largest absolute Gasteiger partial charge is 0.488 e. The zero-order valence-electron chi connectivity index (χ0n) is 10.9. The van der Waals surface area contributed by atoms with Crippen molar-refractivity contribution in [2.24, 2.45) is 5.73 Å². The van der Waals surface area contributed by atoms with Gasteiger partial charge in [-0.05, 0) is 17.7 Å². The van der Waals surface area contributed by atoms with Crippen LogP contribution in [0.2, 0.25) is 0 Å². The molecule has 19 heavy (non-hydrogen) atoms. The minimum atomic E-state index is -0.311. The standard InChI is InChI=1S/C13H16N4O2/c1-17(10-5-3-4-9(6-10)7-14)12-11(19-2)13(18)16-8-15-12/h3-6,8H,7,14H2,1-2H3,(H,15,16,18). The molecule has 6 nitrogen and oxygen atoms in total. The number of methoxy groups -OCH3 is 1. The average Bonchev–Trinajstić information content (AvgIpc) is 2.46. The van der Waals surface area contributed by atoms with Gasteiger partial charge in [-0.2, -0.15) is 0 Å². The molecule has 2 rings (SSSR count). The van der Waals surface area contributed by atoms with E-state index >= 15 is 0 Å². The summed E-state index contributed by atoms with van der Waals surface area (Å²) >= 11 is 0. The van der Waals surface area contributed by atoms with Crippen LogP contribution in [0, 0.1) is 0 Å². The van der Waals surface area contributed by atoms with E-state index in [-0.39, 0.29) is 11.3 Å². The van der Waals surface area contributed by atoms with Crippen molar-refractivity contribution in [1.82, 2.24) is 9.97 Å². The number of nitrogens with two attached hydrogens (primary N) is 1. The Labute approximate surface area is 110 Å². The Balaban J connectivity index is 2.46. The first-order valence-corrected chi connectivity index (χ1v) is 5.81. The van der Waals surface area contributed by atoms with Crippen LogP contribution in [0.1, 0.15) is 5.56 Å². The van der Waals surface area contributed by atoms with Crippen LogP contribution in [-0.2, 0) is 6.54 Å². The van der Waals surface area contributed by atoms with Gasteiger partial charge in [0.1, 0.15) is 0 Å². The Bertz CT molecular complexity index is 624. The van der Waals surface area contributed by atoms with Crippen molar-refractivity contribution in [3.8, 4) is 5.75 Å². The predicted octanol–water partition coefficient (Wildman–Crippen LogP) is 1.01. The quantitative estimate of drug-likeness (QED) is 0.857. The zero-order chi connectivity index (χ0) is 13.8. The Morgan fingerprint density at radius 1 is 1.47 bits per heavy atom. The number of aromatic amines is 1. The fourth-order valence-corrected chi connectivity index (χ4v) is 1.82. The second-order valence-electron chi connectivity index (χ2n) is 4.02. The first kappa shape index (κ1) is 13.1. The minimum Gasteiger partial charge on any atom is -0.488 e. The highest BCUT2D eigenvalue weighted by atomic mass is 16.5. The summed E-state index contributed by atoms with van der Waals surface area (Å²) in [4.78, 5) is 20.1. The SMILES string of the molecule is COc1c(N(C)c2cccc(CN)c2)nc[nH]c1=O. The second-order valence-corrected chi connectivity index (χ2v) is 4.02. The summed E-state index contributed by atoms with van der Waals surface area (Å²) < 4.78 is 5.10. The molecular weight excluding hydrogens is 244 g/mol. The molecule has 1 aromatic heterocycles. The molecule has 0 fully saturated rings. The summed E-state index contributed by atoms with van der Waals surface area (Å²) in [6, 6.07) is 7.72. The second kappa shape index (κ2) is 5.53. The van der Waals surface area contributed by atoms with Crippen molar-refractivity contribution in [1.29, 1.82) is 0 Å². The van der Waals surface area contributed by atoms with Crippen LogP contribution in [0.4, 0.5) is 11.5 Å². The van der Waals surface area contributed by atoms with Gasteiger partial charge in [0, 0.05) is 19.3 Å². The first-order valence-electron chi connectivity index (χ1n) is 5.81. The summed E-state index contributed by atoms with van der Waals surface area (Å²) in [5, 5.41) is 0. The number of hydrogen-bond acceptors (Lipinski definition) is 5. The molecule has 0 aliphatic rings. The van der Waals surface area contributed by atoms with Gasteiger partial charge in [0.25, 0.3) is 5.56 Å². The van der Waals surface area contributed by atoms with Gasteiger partial charge in [-0.3, -0.25) is 4.79 Å². The summed E-state index contributed by atoms with van der Waals surface area (Å²) in [7, 11) is 3.26. The molecule has 0 aliphatic heterocycles. The third kappa shape index (κ3) is 2.58. The van der Waals surface area contributed by atoms with Crippen LogP contribution in [0.5, 0.6) is 5.75 Å². The molecule has 6 heteroatoms. The third-order valence-electron chi connectivity index (χ3n) is 2.85. The predicted molar refractivity (Wildman–Crippen MR) is 73.8 cm³/mol. The molecule has 0 atom stereocenters. The topological polar surface area (TPSA) is 84.2 Å². The highest BCUT2D eigenvalue weighted by Crippen LogP contribution is 2.27. The van der Waals surface area contributed by atoms with Gasteiger partial charge in [0.15, 0.2) is 5.82 Å². The van der Waals surface area contributed by atoms with Crippen molar-refractivity contribution >= 4 is 11.5 Å². The maximum absolute atomic E-state index is 11.7. The van der Waals surface area contributed by atoms with Crippen LogP contribution in [0.25, 0.3) is 0 Å². The van der Waals surface area contributed by atoms with Crippen LogP contribution in [0.15, 0.2) is 35.4 Å². The van der Waals surface area contributed by atoms with Crippen LogP contribution >= 0.6 is 0 Å². The van der Waals surface area contributed by atoms with Crippen LogP contribution in [-0.4, -0.2) is 24.1 Å². The molecule has 0 amide bonds. The molecule has 3 N–H and O–H groups in total. The Morgan fingerprint density at radius 2 is 2.26 bits per heavy atom. The van der Waals surface area contributed by atoms with Crippen LogP contribution < -0.4 is 20.9 Å². The van der Waals surface area contributed by atoms with Crippen molar-refractivity contribution < 1.29 is 4.74 Å². The molecule has 0 saturated heterocycles.